The van der Waals surface area contributed by atoms with Gasteiger partial charge in [-0.15, -0.1) is 0 Å². The second kappa shape index (κ2) is 4.68. The third kappa shape index (κ3) is 2.20. The summed E-state index contributed by atoms with van der Waals surface area (Å²) in [6, 6.07) is -1.51. The molecule has 5 nitrogen and oxygen atoms in total. The highest BCUT2D eigenvalue weighted by molar-refractivity contribution is 5.82. The van der Waals surface area contributed by atoms with Crippen LogP contribution in [-0.2, 0) is 4.79 Å². The second-order valence-electron chi connectivity index (χ2n) is 3.39. The van der Waals surface area contributed by atoms with Gasteiger partial charge < -0.3 is 15.5 Å². The van der Waals surface area contributed by atoms with Crippen molar-refractivity contribution in [3.8, 4) is 0 Å². The van der Waals surface area contributed by atoms with Gasteiger partial charge in [0, 0.05) is 13.1 Å². The molecule has 6 heteroatoms. The number of likely N-dealkylation sites (N-methyl/N-ethyl adjacent to an activating group) is 1. The summed E-state index contributed by atoms with van der Waals surface area (Å²) in [6.07, 6.45) is -2.71. The molecule has 14 heavy (non-hydrogen) atoms. The summed E-state index contributed by atoms with van der Waals surface area (Å²) < 4.78 is 13.3. The normalized spacial score (nSPS) is 38.0. The average molecular weight is 206 g/mol. The van der Waals surface area contributed by atoms with E-state index in [2.05, 4.69) is 10.6 Å². The first-order valence-corrected chi connectivity index (χ1v) is 4.50. The molecule has 0 aromatic rings. The monoisotopic (exact) mass is 206 g/mol. The lowest BCUT2D eigenvalue weighted by atomic mass is 9.94. The number of amides is 1. The molecule has 0 radical (unpaired) electrons. The standard InChI is InChI=1S/C8H15FN2O3/c1-10-8(14)7-6(9)5(13)2-4(3-12)11-7/h4-7,11-13H,2-3H2,1H3,(H,10,14)/t4-,5-,6+,7-/m0/s1. The molecule has 1 amide bonds. The molecule has 0 unspecified atom stereocenters. The quantitative estimate of drug-likeness (QED) is 0.428. The molecule has 1 aliphatic heterocycles. The molecule has 0 bridgehead atoms. The first-order valence-electron chi connectivity index (χ1n) is 4.50. The molecular weight excluding hydrogens is 191 g/mol. The number of halogens is 1. The number of carbonyl (C=O) groups excluding carboxylic acids is 1. The predicted molar refractivity (Wildman–Crippen MR) is 47.4 cm³/mol. The highest BCUT2D eigenvalue weighted by Gasteiger charge is 2.40. The number of rotatable bonds is 2. The molecule has 82 valence electrons. The third-order valence-electron chi connectivity index (χ3n) is 2.38. The van der Waals surface area contributed by atoms with Gasteiger partial charge in [-0.2, -0.15) is 0 Å². The van der Waals surface area contributed by atoms with E-state index in [0.717, 1.165) is 0 Å². The summed E-state index contributed by atoms with van der Waals surface area (Å²) in [5.41, 5.74) is 0. The SMILES string of the molecule is CNC(=O)[C@H]1N[C@H](CO)C[C@H](O)[C@H]1F. The van der Waals surface area contributed by atoms with Gasteiger partial charge in [-0.05, 0) is 6.42 Å². The maximum absolute atomic E-state index is 13.3. The van der Waals surface area contributed by atoms with Crippen molar-refractivity contribution in [2.24, 2.45) is 0 Å². The molecule has 1 rings (SSSR count). The second-order valence-corrected chi connectivity index (χ2v) is 3.39. The van der Waals surface area contributed by atoms with Crippen molar-refractivity contribution in [3.63, 3.8) is 0 Å². The Labute approximate surface area is 81.3 Å². The molecule has 1 fully saturated rings. The molecule has 0 spiro atoms. The Bertz CT molecular complexity index is 215. The summed E-state index contributed by atoms with van der Waals surface area (Å²) >= 11 is 0. The van der Waals surface area contributed by atoms with E-state index in [1.54, 1.807) is 0 Å². The molecule has 1 heterocycles. The largest absolute Gasteiger partial charge is 0.395 e. The van der Waals surface area contributed by atoms with Crippen LogP contribution in [0.2, 0.25) is 0 Å². The van der Waals surface area contributed by atoms with Crippen molar-refractivity contribution < 1.29 is 19.4 Å². The van der Waals surface area contributed by atoms with Gasteiger partial charge in [-0.3, -0.25) is 10.1 Å². The van der Waals surface area contributed by atoms with E-state index in [1.807, 2.05) is 0 Å². The van der Waals surface area contributed by atoms with Crippen LogP contribution in [0.3, 0.4) is 0 Å². The number of nitrogens with one attached hydrogen (secondary N) is 2. The lowest BCUT2D eigenvalue weighted by Gasteiger charge is -2.34. The van der Waals surface area contributed by atoms with Crippen molar-refractivity contribution in [2.75, 3.05) is 13.7 Å². The number of hydrogen-bond acceptors (Lipinski definition) is 4. The molecule has 0 aromatic carbocycles. The van der Waals surface area contributed by atoms with E-state index in [0.29, 0.717) is 0 Å². The highest BCUT2D eigenvalue weighted by atomic mass is 19.1. The van der Waals surface area contributed by atoms with Crippen LogP contribution < -0.4 is 10.6 Å². The Hall–Kier alpha value is -0.720. The van der Waals surface area contributed by atoms with Gasteiger partial charge in [0.25, 0.3) is 0 Å². The Morgan fingerprint density at radius 3 is 2.86 bits per heavy atom. The smallest absolute Gasteiger partial charge is 0.240 e. The fraction of sp³-hybridized carbons (Fsp3) is 0.875. The van der Waals surface area contributed by atoms with Crippen LogP contribution in [0, 0.1) is 0 Å². The number of alkyl halides is 1. The summed E-state index contributed by atoms with van der Waals surface area (Å²) in [6.45, 7) is -0.225. The number of aliphatic hydroxyl groups excluding tert-OH is 2. The van der Waals surface area contributed by atoms with Gasteiger partial charge in [-0.25, -0.2) is 4.39 Å². The van der Waals surface area contributed by atoms with Gasteiger partial charge in [-0.1, -0.05) is 0 Å². The fourth-order valence-electron chi connectivity index (χ4n) is 1.56. The first-order chi connectivity index (χ1) is 6.60. The molecule has 0 saturated carbocycles. The van der Waals surface area contributed by atoms with Crippen LogP contribution in [0.1, 0.15) is 6.42 Å². The summed E-state index contributed by atoms with van der Waals surface area (Å²) in [5.74, 6) is -0.519. The minimum absolute atomic E-state index is 0.116. The van der Waals surface area contributed by atoms with Gasteiger partial charge in [0.05, 0.1) is 12.7 Å². The average Bonchev–Trinajstić information content (AvgIpc) is 2.20. The van der Waals surface area contributed by atoms with E-state index in [1.165, 1.54) is 7.05 Å². The Kier molecular flexibility index (Phi) is 3.79. The van der Waals surface area contributed by atoms with Crippen molar-refractivity contribution in [2.45, 2.75) is 30.8 Å². The van der Waals surface area contributed by atoms with Crippen molar-refractivity contribution in [1.82, 2.24) is 10.6 Å². The van der Waals surface area contributed by atoms with Crippen LogP contribution in [0.15, 0.2) is 0 Å². The van der Waals surface area contributed by atoms with Gasteiger partial charge in [0.2, 0.25) is 5.91 Å². The van der Waals surface area contributed by atoms with Crippen LogP contribution in [0.5, 0.6) is 0 Å². The van der Waals surface area contributed by atoms with Crippen molar-refractivity contribution >= 4 is 5.91 Å². The maximum Gasteiger partial charge on any atom is 0.240 e. The van der Waals surface area contributed by atoms with Crippen LogP contribution in [0.4, 0.5) is 4.39 Å². The first kappa shape index (κ1) is 11.4. The zero-order valence-corrected chi connectivity index (χ0v) is 7.90. The Morgan fingerprint density at radius 1 is 1.71 bits per heavy atom. The third-order valence-corrected chi connectivity index (χ3v) is 2.38. The predicted octanol–water partition coefficient (Wildman–Crippen LogP) is -1.85. The zero-order valence-electron chi connectivity index (χ0n) is 7.90. The van der Waals surface area contributed by atoms with Gasteiger partial charge >= 0.3 is 0 Å². The minimum Gasteiger partial charge on any atom is -0.395 e. The van der Waals surface area contributed by atoms with E-state index in [4.69, 9.17) is 5.11 Å². The summed E-state index contributed by atoms with van der Waals surface area (Å²) in [4.78, 5) is 11.2. The lowest BCUT2D eigenvalue weighted by molar-refractivity contribution is -0.128. The fourth-order valence-corrected chi connectivity index (χ4v) is 1.56. The van der Waals surface area contributed by atoms with Gasteiger partial charge in [0.1, 0.15) is 6.04 Å². The molecule has 0 aliphatic carbocycles. The number of piperidine rings is 1. The van der Waals surface area contributed by atoms with Gasteiger partial charge in [0.15, 0.2) is 6.17 Å². The zero-order chi connectivity index (χ0) is 10.7. The molecular formula is C8H15FN2O3. The maximum atomic E-state index is 13.3. The Morgan fingerprint density at radius 2 is 2.36 bits per heavy atom. The van der Waals surface area contributed by atoms with Crippen LogP contribution >= 0.6 is 0 Å². The molecule has 1 aliphatic rings. The minimum atomic E-state index is -1.63. The van der Waals surface area contributed by atoms with E-state index in [9.17, 15) is 14.3 Å². The summed E-state index contributed by atoms with van der Waals surface area (Å²) in [7, 11) is 1.39. The number of aliphatic hydroxyl groups is 2. The molecule has 0 aromatic heterocycles. The van der Waals surface area contributed by atoms with Crippen molar-refractivity contribution in [1.29, 1.82) is 0 Å². The van der Waals surface area contributed by atoms with Crippen molar-refractivity contribution in [3.05, 3.63) is 0 Å². The topological polar surface area (TPSA) is 81.6 Å². The Balaban J connectivity index is 2.67. The highest BCUT2D eigenvalue weighted by Crippen LogP contribution is 2.17. The van der Waals surface area contributed by atoms with Crippen LogP contribution in [0.25, 0.3) is 0 Å². The lowest BCUT2D eigenvalue weighted by Crippen LogP contribution is -2.61. The van der Waals surface area contributed by atoms with Crippen LogP contribution in [-0.4, -0.2) is 54.1 Å². The van der Waals surface area contributed by atoms with E-state index in [-0.39, 0.29) is 13.0 Å². The van der Waals surface area contributed by atoms with E-state index < -0.39 is 30.3 Å². The molecule has 1 saturated heterocycles. The van der Waals surface area contributed by atoms with E-state index >= 15 is 0 Å². The molecule has 4 atom stereocenters. The number of carbonyl (C=O) groups is 1. The number of hydrogen-bond donors (Lipinski definition) is 4. The molecule has 4 N–H and O–H groups in total. The summed E-state index contributed by atoms with van der Waals surface area (Å²) in [5, 5.41) is 23.1.